The van der Waals surface area contributed by atoms with Crippen LogP contribution in [0.1, 0.15) is 38.5 Å². The maximum atomic E-state index is 11.1. The summed E-state index contributed by atoms with van der Waals surface area (Å²) in [5, 5.41) is 6.58. The lowest BCUT2D eigenvalue weighted by molar-refractivity contribution is -0.119. The van der Waals surface area contributed by atoms with Crippen molar-refractivity contribution in [2.24, 2.45) is 11.7 Å². The highest BCUT2D eigenvalue weighted by Crippen LogP contribution is 2.23. The highest BCUT2D eigenvalue weighted by molar-refractivity contribution is 5.78. The van der Waals surface area contributed by atoms with Crippen LogP contribution in [0.5, 0.6) is 0 Å². The van der Waals surface area contributed by atoms with E-state index in [0.29, 0.717) is 24.4 Å². The number of rotatable bonds is 4. The first-order valence-corrected chi connectivity index (χ1v) is 6.52. The Morgan fingerprint density at radius 2 is 2.12 bits per heavy atom. The summed E-state index contributed by atoms with van der Waals surface area (Å²) in [6.45, 7) is 1.70. The van der Waals surface area contributed by atoms with E-state index in [-0.39, 0.29) is 5.91 Å². The van der Waals surface area contributed by atoms with Crippen LogP contribution in [0.25, 0.3) is 0 Å². The van der Waals surface area contributed by atoms with Gasteiger partial charge in [-0.1, -0.05) is 12.8 Å². The molecule has 3 unspecified atom stereocenters. The van der Waals surface area contributed by atoms with Crippen LogP contribution in [-0.4, -0.2) is 31.1 Å². The van der Waals surface area contributed by atoms with E-state index in [1.807, 2.05) is 0 Å². The van der Waals surface area contributed by atoms with E-state index in [1.54, 1.807) is 0 Å². The average Bonchev–Trinajstić information content (AvgIpc) is 2.73. The molecule has 0 aromatic rings. The van der Waals surface area contributed by atoms with Gasteiger partial charge in [-0.3, -0.25) is 4.79 Å². The zero-order chi connectivity index (χ0) is 11.4. The third kappa shape index (κ3) is 2.95. The fourth-order valence-electron chi connectivity index (χ4n) is 2.88. The molecular weight excluding hydrogens is 202 g/mol. The van der Waals surface area contributed by atoms with E-state index in [0.717, 1.165) is 19.5 Å². The molecule has 2 rings (SSSR count). The molecule has 4 N–H and O–H groups in total. The van der Waals surface area contributed by atoms with Crippen LogP contribution in [0.3, 0.4) is 0 Å². The molecule has 2 fully saturated rings. The van der Waals surface area contributed by atoms with Gasteiger partial charge < -0.3 is 16.4 Å². The van der Waals surface area contributed by atoms with Gasteiger partial charge in [-0.15, -0.1) is 0 Å². The number of hydrogen-bond acceptors (Lipinski definition) is 3. The van der Waals surface area contributed by atoms with Gasteiger partial charge >= 0.3 is 0 Å². The Bertz CT molecular complexity index is 244. The summed E-state index contributed by atoms with van der Waals surface area (Å²) >= 11 is 0. The van der Waals surface area contributed by atoms with Crippen molar-refractivity contribution < 1.29 is 4.79 Å². The summed E-state index contributed by atoms with van der Waals surface area (Å²) < 4.78 is 0. The second-order valence-electron chi connectivity index (χ2n) is 5.10. The van der Waals surface area contributed by atoms with Crippen molar-refractivity contribution in [1.29, 1.82) is 0 Å². The second-order valence-corrected chi connectivity index (χ2v) is 5.10. The molecular formula is C12H23N3O. The topological polar surface area (TPSA) is 67.1 Å². The summed E-state index contributed by atoms with van der Waals surface area (Å²) in [6, 6.07) is 0.907. The number of nitrogens with one attached hydrogen (secondary N) is 2. The van der Waals surface area contributed by atoms with Crippen LogP contribution in [-0.2, 0) is 4.79 Å². The Balaban J connectivity index is 1.73. The first-order valence-electron chi connectivity index (χ1n) is 6.52. The molecule has 4 heteroatoms. The molecule has 0 spiro atoms. The molecule has 1 saturated carbocycles. The van der Waals surface area contributed by atoms with Crippen molar-refractivity contribution in [2.45, 2.75) is 50.6 Å². The smallest absolute Gasteiger partial charge is 0.220 e. The number of carbonyl (C=O) groups excluding carboxylic acids is 1. The molecule has 2 aliphatic rings. The van der Waals surface area contributed by atoms with Gasteiger partial charge in [-0.2, -0.15) is 0 Å². The van der Waals surface area contributed by atoms with Crippen LogP contribution >= 0.6 is 0 Å². The van der Waals surface area contributed by atoms with Gasteiger partial charge in [0, 0.05) is 25.0 Å². The molecule has 3 atom stereocenters. The summed E-state index contributed by atoms with van der Waals surface area (Å²) in [5.74, 6) is 0.830. The Kier molecular flexibility index (Phi) is 4.18. The molecule has 0 radical (unpaired) electrons. The monoisotopic (exact) mass is 225 g/mol. The molecule has 1 saturated heterocycles. The van der Waals surface area contributed by atoms with Gasteiger partial charge in [0.2, 0.25) is 5.91 Å². The second kappa shape index (κ2) is 5.64. The van der Waals surface area contributed by atoms with Crippen LogP contribution < -0.4 is 16.4 Å². The minimum Gasteiger partial charge on any atom is -0.352 e. The van der Waals surface area contributed by atoms with Crippen molar-refractivity contribution in [3.05, 3.63) is 0 Å². The largest absolute Gasteiger partial charge is 0.352 e. The third-order valence-corrected chi connectivity index (χ3v) is 3.92. The normalized spacial score (nSPS) is 35.1. The number of hydrogen-bond donors (Lipinski definition) is 3. The minimum absolute atomic E-state index is 0.200. The van der Waals surface area contributed by atoms with Gasteiger partial charge in [0.25, 0.3) is 0 Å². The van der Waals surface area contributed by atoms with Gasteiger partial charge in [-0.05, 0) is 31.7 Å². The van der Waals surface area contributed by atoms with E-state index >= 15 is 0 Å². The first-order chi connectivity index (χ1) is 7.79. The van der Waals surface area contributed by atoms with Crippen molar-refractivity contribution in [1.82, 2.24) is 10.6 Å². The number of amides is 1. The molecule has 16 heavy (non-hydrogen) atoms. The van der Waals surface area contributed by atoms with Crippen molar-refractivity contribution >= 4 is 5.91 Å². The fourth-order valence-corrected chi connectivity index (χ4v) is 2.88. The Hall–Kier alpha value is -0.610. The predicted octanol–water partition coefficient (Wildman–Crippen LogP) is 0.372. The molecule has 92 valence electrons. The van der Waals surface area contributed by atoms with E-state index < -0.39 is 0 Å². The van der Waals surface area contributed by atoms with Crippen LogP contribution in [0.4, 0.5) is 0 Å². The van der Waals surface area contributed by atoms with Crippen molar-refractivity contribution in [3.63, 3.8) is 0 Å². The standard InChI is InChI=1S/C12H23N3O/c13-7-9-3-1-2-4-11(9)14-8-10-5-6-12(16)15-10/h9-11,14H,1-8,13H2,(H,15,16). The summed E-state index contributed by atoms with van der Waals surface area (Å²) in [5.41, 5.74) is 5.79. The maximum absolute atomic E-state index is 11.1. The molecule has 4 nitrogen and oxygen atoms in total. The van der Waals surface area contributed by atoms with E-state index in [4.69, 9.17) is 5.73 Å². The summed E-state index contributed by atoms with van der Waals surface area (Å²) in [4.78, 5) is 11.1. The number of carbonyl (C=O) groups is 1. The lowest BCUT2D eigenvalue weighted by Crippen LogP contribution is -2.46. The molecule has 1 heterocycles. The quantitative estimate of drug-likeness (QED) is 0.647. The van der Waals surface area contributed by atoms with E-state index in [9.17, 15) is 4.79 Å². The highest BCUT2D eigenvalue weighted by atomic mass is 16.1. The van der Waals surface area contributed by atoms with Crippen LogP contribution in [0, 0.1) is 5.92 Å². The lowest BCUT2D eigenvalue weighted by Gasteiger charge is -2.32. The highest BCUT2D eigenvalue weighted by Gasteiger charge is 2.26. The average molecular weight is 225 g/mol. The molecule has 0 bridgehead atoms. The van der Waals surface area contributed by atoms with Gasteiger partial charge in [0.15, 0.2) is 0 Å². The molecule has 0 aromatic heterocycles. The van der Waals surface area contributed by atoms with E-state index in [2.05, 4.69) is 10.6 Å². The molecule has 1 aliphatic heterocycles. The Labute approximate surface area is 97.3 Å². The molecule has 0 aromatic carbocycles. The Morgan fingerprint density at radius 1 is 1.31 bits per heavy atom. The van der Waals surface area contributed by atoms with Crippen LogP contribution in [0.15, 0.2) is 0 Å². The minimum atomic E-state index is 0.200. The van der Waals surface area contributed by atoms with Gasteiger partial charge in [0.1, 0.15) is 0 Å². The fraction of sp³-hybridized carbons (Fsp3) is 0.917. The maximum Gasteiger partial charge on any atom is 0.220 e. The van der Waals surface area contributed by atoms with Crippen molar-refractivity contribution in [3.8, 4) is 0 Å². The summed E-state index contributed by atoms with van der Waals surface area (Å²) in [7, 11) is 0. The number of nitrogens with two attached hydrogens (primary N) is 1. The zero-order valence-corrected chi connectivity index (χ0v) is 9.87. The summed E-state index contributed by atoms with van der Waals surface area (Å²) in [6.07, 6.45) is 6.79. The third-order valence-electron chi connectivity index (χ3n) is 3.92. The molecule has 1 aliphatic carbocycles. The predicted molar refractivity (Wildman–Crippen MR) is 64.0 cm³/mol. The van der Waals surface area contributed by atoms with Crippen LogP contribution in [0.2, 0.25) is 0 Å². The van der Waals surface area contributed by atoms with Gasteiger partial charge in [0.05, 0.1) is 0 Å². The Morgan fingerprint density at radius 3 is 2.81 bits per heavy atom. The van der Waals surface area contributed by atoms with Crippen molar-refractivity contribution in [2.75, 3.05) is 13.1 Å². The first kappa shape index (κ1) is 11.9. The lowest BCUT2D eigenvalue weighted by atomic mass is 9.84. The SMILES string of the molecule is NCC1CCCCC1NCC1CCC(=O)N1. The van der Waals surface area contributed by atoms with E-state index in [1.165, 1.54) is 25.7 Å². The zero-order valence-electron chi connectivity index (χ0n) is 9.87. The molecule has 1 amide bonds. The van der Waals surface area contributed by atoms with Gasteiger partial charge in [-0.25, -0.2) is 0 Å².